The second-order valence-corrected chi connectivity index (χ2v) is 17.7. The van der Waals surface area contributed by atoms with Gasteiger partial charge in [0.2, 0.25) is 23.6 Å². The second-order valence-electron chi connectivity index (χ2n) is 16.6. The minimum atomic E-state index is -1.23. The number of carbonyl (C=O) groups excluding carboxylic acids is 7. The summed E-state index contributed by atoms with van der Waals surface area (Å²) in [6.07, 6.45) is 8.27. The lowest BCUT2D eigenvalue weighted by Gasteiger charge is -2.15. The van der Waals surface area contributed by atoms with E-state index in [1.807, 2.05) is 0 Å². The Morgan fingerprint density at radius 1 is 0.583 bits per heavy atom. The number of rotatable bonds is 47. The van der Waals surface area contributed by atoms with Crippen LogP contribution in [0.4, 0.5) is 0 Å². The molecule has 0 unspecified atom stereocenters. The smallest absolute Gasteiger partial charge is 0.326 e. The highest BCUT2D eigenvalue weighted by atomic mass is 32.2. The molecule has 24 heteroatoms. The molecule has 10 N–H and O–H groups in total. The summed E-state index contributed by atoms with van der Waals surface area (Å²) in [5.41, 5.74) is 5.09. The van der Waals surface area contributed by atoms with E-state index in [1.54, 1.807) is 13.8 Å². The summed E-state index contributed by atoms with van der Waals surface area (Å²) in [5, 5.41) is 46.7. The van der Waals surface area contributed by atoms with Crippen LogP contribution < -0.4 is 27.0 Å². The van der Waals surface area contributed by atoms with E-state index in [-0.39, 0.29) is 171 Å². The van der Waals surface area contributed by atoms with E-state index >= 15 is 0 Å². The van der Waals surface area contributed by atoms with E-state index in [4.69, 9.17) is 40.0 Å². The molecule has 0 heterocycles. The van der Waals surface area contributed by atoms with Crippen LogP contribution in [0.1, 0.15) is 131 Å². The molecule has 23 nitrogen and oxygen atoms in total. The number of unbranched alkanes of at least 4 members (excludes halogenated alkanes) is 7. The van der Waals surface area contributed by atoms with Crippen molar-refractivity contribution in [3.8, 4) is 0 Å². The third-order valence-corrected chi connectivity index (χ3v) is 11.4. The third kappa shape index (κ3) is 46.5. The lowest BCUT2D eigenvalue weighted by Crippen LogP contribution is -2.41. The third-order valence-electron chi connectivity index (χ3n) is 10.3. The monoisotopic (exact) mass is 1050 g/mol. The number of nitrogens with one attached hydrogen (secondary N) is 4. The lowest BCUT2D eigenvalue weighted by molar-refractivity contribution is -0.145. The van der Waals surface area contributed by atoms with Crippen molar-refractivity contribution in [3.63, 3.8) is 0 Å². The fourth-order valence-corrected chi connectivity index (χ4v) is 7.02. The average molecular weight is 1050 g/mol. The molecular formula is C48H87N5O18S. The van der Waals surface area contributed by atoms with Crippen LogP contribution in [0, 0.1) is 11.8 Å². The number of amides is 4. The van der Waals surface area contributed by atoms with Crippen LogP contribution in [0.25, 0.3) is 0 Å². The molecule has 0 aliphatic heterocycles. The number of nitrogens with two attached hydrogens (primary N) is 1. The first-order valence-corrected chi connectivity index (χ1v) is 25.6. The Bertz CT molecular complexity index is 1560. The number of thioether (sulfide) groups is 1. The average Bonchev–Trinajstić information content (AvgIpc) is 3.31. The van der Waals surface area contributed by atoms with Gasteiger partial charge in [-0.15, -0.1) is 0 Å². The summed E-state index contributed by atoms with van der Waals surface area (Å²) in [6.45, 7) is 5.70. The highest BCUT2D eigenvalue weighted by molar-refractivity contribution is 7.99. The maximum atomic E-state index is 12.3. The predicted molar refractivity (Wildman–Crippen MR) is 269 cm³/mol. The summed E-state index contributed by atoms with van der Waals surface area (Å²) in [7, 11) is 0. The largest absolute Gasteiger partial charge is 0.481 e. The molecule has 418 valence electrons. The Hall–Kier alpha value is -4.59. The maximum Gasteiger partial charge on any atom is 0.326 e. The van der Waals surface area contributed by atoms with E-state index in [2.05, 4.69) is 21.3 Å². The highest BCUT2D eigenvalue weighted by Crippen LogP contribution is 2.18. The van der Waals surface area contributed by atoms with Crippen molar-refractivity contribution in [1.82, 2.24) is 21.3 Å². The molecule has 0 rings (SSSR count). The molecule has 0 saturated heterocycles. The maximum absolute atomic E-state index is 12.3. The number of aliphatic hydroxyl groups excluding tert-OH is 1. The normalized spacial score (nSPS) is 12.3. The Morgan fingerprint density at radius 3 is 1.58 bits per heavy atom. The quantitative estimate of drug-likeness (QED) is 0.0394. The molecule has 4 amide bonds. The Balaban J connectivity index is -0.00000636. The standard InChI is InChI=1S/C43H74N4O17S.C4H9NO.CH4/c1-2-32(36(50)26-33(27-48)42(57)58)30-65-31-40(54)45-18-17-44-38(52)28-64-25-23-62-21-19-46-39(53)29-63-24-22-61-20-11-12-34(49)15-16-35(43(59)60)47-37(51)13-9-7-5-3-4-6-8-10-14-41(55)56;1-3(5)4(2)6;/h32-33,35,48H,2-31H2,1H3,(H,44,52)(H,45,54)(H,46,53)(H,47,51)(H,55,56)(H,57,58)(H,59,60);3H,5H2,1-2H3;1H4/t32-,33-,35-;3-;/m00./s1. The predicted octanol–water partition coefficient (Wildman–Crippen LogP) is 2.06. The first kappa shape index (κ1) is 71.7. The molecule has 0 aliphatic carbocycles. The minimum absolute atomic E-state index is 0. The van der Waals surface area contributed by atoms with Gasteiger partial charge in [0.25, 0.3) is 0 Å². The van der Waals surface area contributed by atoms with Crippen LogP contribution >= 0.6 is 11.8 Å². The van der Waals surface area contributed by atoms with Crippen molar-refractivity contribution in [2.75, 3.05) is 90.6 Å². The summed E-state index contributed by atoms with van der Waals surface area (Å²) in [4.78, 5) is 116. The molecule has 0 aromatic rings. The van der Waals surface area contributed by atoms with Crippen molar-refractivity contribution in [1.29, 1.82) is 0 Å². The summed E-state index contributed by atoms with van der Waals surface area (Å²) < 4.78 is 21.3. The van der Waals surface area contributed by atoms with Gasteiger partial charge < -0.3 is 66.4 Å². The fraction of sp³-hybridized carbons (Fsp3) is 0.792. The van der Waals surface area contributed by atoms with Gasteiger partial charge >= 0.3 is 17.9 Å². The molecule has 0 spiro atoms. The van der Waals surface area contributed by atoms with Crippen LogP contribution in [0.15, 0.2) is 0 Å². The van der Waals surface area contributed by atoms with Crippen LogP contribution in [0.3, 0.4) is 0 Å². The van der Waals surface area contributed by atoms with E-state index in [0.29, 0.717) is 31.4 Å². The molecule has 0 fully saturated rings. The molecule has 0 aliphatic rings. The van der Waals surface area contributed by atoms with Crippen LogP contribution in [-0.4, -0.2) is 182 Å². The number of carbonyl (C=O) groups is 10. The zero-order valence-corrected chi connectivity index (χ0v) is 42.8. The van der Waals surface area contributed by atoms with Gasteiger partial charge in [0.05, 0.1) is 57.4 Å². The van der Waals surface area contributed by atoms with Crippen LogP contribution in [-0.2, 0) is 66.9 Å². The minimum Gasteiger partial charge on any atom is -0.481 e. The number of ether oxygens (including phenoxy) is 4. The molecule has 72 heavy (non-hydrogen) atoms. The van der Waals surface area contributed by atoms with Crippen molar-refractivity contribution in [3.05, 3.63) is 0 Å². The zero-order valence-electron chi connectivity index (χ0n) is 42.0. The number of aliphatic hydroxyl groups is 1. The van der Waals surface area contributed by atoms with Gasteiger partial charge in [0.1, 0.15) is 36.6 Å². The van der Waals surface area contributed by atoms with E-state index < -0.39 is 42.4 Å². The van der Waals surface area contributed by atoms with Crippen molar-refractivity contribution >= 4 is 70.6 Å². The topological polar surface area (TPSA) is 363 Å². The Morgan fingerprint density at radius 2 is 1.08 bits per heavy atom. The first-order chi connectivity index (χ1) is 33.8. The van der Waals surface area contributed by atoms with Crippen LogP contribution in [0.5, 0.6) is 0 Å². The molecule has 4 atom stereocenters. The molecule has 0 aromatic heterocycles. The van der Waals surface area contributed by atoms with E-state index in [0.717, 1.165) is 38.5 Å². The fourth-order valence-electron chi connectivity index (χ4n) is 5.91. The van der Waals surface area contributed by atoms with Crippen molar-refractivity contribution < 1.29 is 87.3 Å². The molecular weight excluding hydrogens is 967 g/mol. The highest BCUT2D eigenvalue weighted by Gasteiger charge is 2.25. The van der Waals surface area contributed by atoms with Crippen molar-refractivity contribution in [2.45, 2.75) is 143 Å². The van der Waals surface area contributed by atoms with Gasteiger partial charge in [-0.2, -0.15) is 11.8 Å². The van der Waals surface area contributed by atoms with Gasteiger partial charge in [-0.25, -0.2) is 4.79 Å². The van der Waals surface area contributed by atoms with Gasteiger partial charge in [-0.3, -0.25) is 43.2 Å². The van der Waals surface area contributed by atoms with E-state index in [9.17, 15) is 53.1 Å². The number of hydrogen-bond acceptors (Lipinski definition) is 17. The molecule has 0 radical (unpaired) electrons. The molecule has 0 bridgehead atoms. The number of hydrogen-bond donors (Lipinski definition) is 9. The first-order valence-electron chi connectivity index (χ1n) is 24.4. The number of carboxylic acid groups (broad SMARTS) is 3. The van der Waals surface area contributed by atoms with Gasteiger partial charge in [0.15, 0.2) is 0 Å². The van der Waals surface area contributed by atoms with Crippen LogP contribution in [0.2, 0.25) is 0 Å². The zero-order chi connectivity index (χ0) is 53.7. The molecule has 0 saturated carbocycles. The lowest BCUT2D eigenvalue weighted by atomic mass is 9.94. The van der Waals surface area contributed by atoms with Gasteiger partial charge in [-0.1, -0.05) is 52.9 Å². The van der Waals surface area contributed by atoms with Gasteiger partial charge in [-0.05, 0) is 46.0 Å². The SMILES string of the molecule is C.CC(=O)[C@H](C)N.CC[C@@H](CSCC(=O)NCCNC(=O)COCCOCCNC(=O)COCCOCCCC(=O)CC[C@H](NC(=O)CCCCCCCCCCC(=O)O)C(=O)O)C(=O)C[C@@H](CO)C(=O)O. The second kappa shape index (κ2) is 48.7. The number of Topliss-reactive ketones (excluding diaryl/α,β-unsaturated/α-hetero) is 3. The van der Waals surface area contributed by atoms with Crippen molar-refractivity contribution in [2.24, 2.45) is 17.6 Å². The van der Waals surface area contributed by atoms with E-state index in [1.165, 1.54) is 18.7 Å². The van der Waals surface area contributed by atoms with Gasteiger partial charge in [0, 0.05) is 70.0 Å². The number of aliphatic carboxylic acids is 3. The Kier molecular flexibility index (Phi) is 48.4. The number of carboxylic acids is 3. The summed E-state index contributed by atoms with van der Waals surface area (Å²) >= 11 is 1.24. The summed E-state index contributed by atoms with van der Waals surface area (Å²) in [6, 6.07) is -1.43. The molecule has 0 aromatic carbocycles. The Labute approximate surface area is 429 Å². The summed E-state index contributed by atoms with van der Waals surface area (Å²) in [5.74, 6) is -6.06. The number of ketones is 3.